The van der Waals surface area contributed by atoms with E-state index in [1.165, 1.54) is 22.9 Å². The maximum atomic E-state index is 13.4. The summed E-state index contributed by atoms with van der Waals surface area (Å²) in [5.41, 5.74) is 1.08. The van der Waals surface area contributed by atoms with E-state index in [4.69, 9.17) is 11.6 Å². The van der Waals surface area contributed by atoms with Gasteiger partial charge in [-0.3, -0.25) is 9.89 Å². The Hall–Kier alpha value is -1.55. The highest BCUT2D eigenvalue weighted by Crippen LogP contribution is 2.17. The molecule has 0 unspecified atom stereocenters. The molecule has 96 valence electrons. The molecule has 1 N–H and O–H groups in total. The Bertz CT molecular complexity index is 616. The van der Waals surface area contributed by atoms with Crippen LogP contribution in [0.5, 0.6) is 0 Å². The van der Waals surface area contributed by atoms with E-state index in [2.05, 4.69) is 18.9 Å². The van der Waals surface area contributed by atoms with Gasteiger partial charge < -0.3 is 0 Å². The van der Waals surface area contributed by atoms with E-state index in [1.807, 2.05) is 0 Å². The maximum Gasteiger partial charge on any atom is 0.271 e. The number of rotatable bonds is 3. The van der Waals surface area contributed by atoms with Crippen molar-refractivity contribution >= 4 is 11.6 Å². The Balaban J connectivity index is 2.41. The fraction of sp³-hybridized carbons (Fsp3) is 0.308. The topological polar surface area (TPSA) is 37.8 Å². The number of aromatic amines is 1. The molecule has 0 atom stereocenters. The largest absolute Gasteiger partial charge is 0.295 e. The van der Waals surface area contributed by atoms with Gasteiger partial charge in [0.05, 0.1) is 10.7 Å². The first-order chi connectivity index (χ1) is 8.47. The van der Waals surface area contributed by atoms with Crippen LogP contribution in [-0.2, 0) is 6.42 Å². The Morgan fingerprint density at radius 1 is 1.39 bits per heavy atom. The van der Waals surface area contributed by atoms with Crippen molar-refractivity contribution in [1.29, 1.82) is 0 Å². The van der Waals surface area contributed by atoms with Crippen molar-refractivity contribution in [2.24, 2.45) is 5.92 Å². The van der Waals surface area contributed by atoms with Gasteiger partial charge in [0.1, 0.15) is 5.82 Å². The molecule has 1 heterocycles. The lowest BCUT2D eigenvalue weighted by Crippen LogP contribution is -2.13. The molecule has 0 radical (unpaired) electrons. The Morgan fingerprint density at radius 3 is 2.72 bits per heavy atom. The quantitative estimate of drug-likeness (QED) is 0.912. The first-order valence-electron chi connectivity index (χ1n) is 5.73. The number of halogens is 2. The van der Waals surface area contributed by atoms with Crippen molar-refractivity contribution in [1.82, 2.24) is 9.78 Å². The third-order valence-electron chi connectivity index (χ3n) is 2.56. The van der Waals surface area contributed by atoms with Crippen molar-refractivity contribution in [2.45, 2.75) is 20.3 Å². The second-order valence-corrected chi connectivity index (χ2v) is 5.06. The number of H-pyrrole nitrogens is 1. The predicted molar refractivity (Wildman–Crippen MR) is 69.9 cm³/mol. The number of hydrogen-bond donors (Lipinski definition) is 1. The van der Waals surface area contributed by atoms with Gasteiger partial charge in [0.25, 0.3) is 5.56 Å². The third kappa shape index (κ3) is 2.64. The van der Waals surface area contributed by atoms with Crippen LogP contribution in [-0.4, -0.2) is 9.78 Å². The van der Waals surface area contributed by atoms with Crippen LogP contribution in [0.2, 0.25) is 5.02 Å². The monoisotopic (exact) mass is 268 g/mol. The normalized spacial score (nSPS) is 11.2. The van der Waals surface area contributed by atoms with Crippen LogP contribution in [0.1, 0.15) is 19.5 Å². The molecule has 0 saturated carbocycles. The molecule has 5 heteroatoms. The molecule has 2 rings (SSSR count). The number of hydrogen-bond acceptors (Lipinski definition) is 1. The maximum absolute atomic E-state index is 13.4. The smallest absolute Gasteiger partial charge is 0.271 e. The summed E-state index contributed by atoms with van der Waals surface area (Å²) in [6.45, 7) is 4.13. The van der Waals surface area contributed by atoms with Crippen molar-refractivity contribution in [2.75, 3.05) is 0 Å². The van der Waals surface area contributed by atoms with Gasteiger partial charge in [-0.25, -0.2) is 9.07 Å². The fourth-order valence-corrected chi connectivity index (χ4v) is 1.92. The van der Waals surface area contributed by atoms with Crippen molar-refractivity contribution in [3.8, 4) is 5.69 Å². The molecule has 1 aromatic heterocycles. The van der Waals surface area contributed by atoms with Gasteiger partial charge in [-0.1, -0.05) is 25.4 Å². The van der Waals surface area contributed by atoms with E-state index < -0.39 is 5.82 Å². The van der Waals surface area contributed by atoms with Crippen molar-refractivity contribution in [3.63, 3.8) is 0 Å². The molecule has 0 spiro atoms. The molecule has 0 aliphatic carbocycles. The van der Waals surface area contributed by atoms with Crippen LogP contribution < -0.4 is 5.56 Å². The van der Waals surface area contributed by atoms with E-state index in [0.717, 1.165) is 12.1 Å². The minimum atomic E-state index is -0.541. The molecule has 0 amide bonds. The van der Waals surface area contributed by atoms with E-state index >= 15 is 0 Å². The molecular formula is C13H14ClFN2O. The zero-order valence-electron chi connectivity index (χ0n) is 10.2. The zero-order valence-corrected chi connectivity index (χ0v) is 11.0. The summed E-state index contributed by atoms with van der Waals surface area (Å²) in [6.07, 6.45) is 0.776. The Kier molecular flexibility index (Phi) is 3.57. The van der Waals surface area contributed by atoms with Gasteiger partial charge in [-0.2, -0.15) is 0 Å². The highest BCUT2D eigenvalue weighted by Gasteiger charge is 2.08. The first-order valence-corrected chi connectivity index (χ1v) is 6.11. The van der Waals surface area contributed by atoms with E-state index in [0.29, 0.717) is 11.6 Å². The lowest BCUT2D eigenvalue weighted by atomic mass is 10.1. The zero-order chi connectivity index (χ0) is 13.3. The molecule has 0 aliphatic rings. The number of benzene rings is 1. The number of nitrogens with one attached hydrogen (secondary N) is 1. The van der Waals surface area contributed by atoms with Crippen LogP contribution in [0.4, 0.5) is 4.39 Å². The molecule has 2 aromatic rings. The lowest BCUT2D eigenvalue weighted by molar-refractivity contribution is 0.619. The highest BCUT2D eigenvalue weighted by molar-refractivity contribution is 6.30. The third-order valence-corrected chi connectivity index (χ3v) is 2.87. The summed E-state index contributed by atoms with van der Waals surface area (Å²) in [5.74, 6) is -0.0977. The second kappa shape index (κ2) is 4.98. The Morgan fingerprint density at radius 2 is 2.11 bits per heavy atom. The minimum absolute atomic E-state index is 0.0424. The Labute approximate surface area is 109 Å². The summed E-state index contributed by atoms with van der Waals surface area (Å²) in [5, 5.41) is 3.01. The molecule has 1 aromatic carbocycles. The molecule has 18 heavy (non-hydrogen) atoms. The first kappa shape index (κ1) is 12.9. The highest BCUT2D eigenvalue weighted by atomic mass is 35.5. The molecule has 0 saturated heterocycles. The van der Waals surface area contributed by atoms with Crippen LogP contribution in [0, 0.1) is 11.7 Å². The van der Waals surface area contributed by atoms with Crippen LogP contribution in [0.25, 0.3) is 5.69 Å². The predicted octanol–water partition coefficient (Wildman–Crippen LogP) is 3.16. The number of nitrogens with zero attached hydrogens (tertiary/aromatic N) is 1. The minimum Gasteiger partial charge on any atom is -0.295 e. The molecular weight excluding hydrogens is 255 g/mol. The summed E-state index contributed by atoms with van der Waals surface area (Å²) in [7, 11) is 0. The van der Waals surface area contributed by atoms with Gasteiger partial charge in [0.2, 0.25) is 0 Å². The van der Waals surface area contributed by atoms with Crippen molar-refractivity contribution in [3.05, 3.63) is 51.2 Å². The van der Waals surface area contributed by atoms with Crippen LogP contribution in [0.3, 0.4) is 0 Å². The molecule has 0 fully saturated rings. The second-order valence-electron chi connectivity index (χ2n) is 4.65. The van der Waals surface area contributed by atoms with Crippen molar-refractivity contribution < 1.29 is 4.39 Å². The summed E-state index contributed by atoms with van der Waals surface area (Å²) in [6, 6.07) is 5.80. The van der Waals surface area contributed by atoms with Gasteiger partial charge >= 0.3 is 0 Å². The van der Waals surface area contributed by atoms with E-state index in [9.17, 15) is 9.18 Å². The average molecular weight is 269 g/mol. The van der Waals surface area contributed by atoms with Crippen LogP contribution >= 0.6 is 11.6 Å². The SMILES string of the molecule is CC(C)Cc1cc(=O)n(-c2ccc(Cl)c(F)c2)[nH]1. The fourth-order valence-electron chi connectivity index (χ4n) is 1.80. The summed E-state index contributed by atoms with van der Waals surface area (Å²) < 4.78 is 14.7. The number of aromatic nitrogens is 2. The van der Waals surface area contributed by atoms with Crippen LogP contribution in [0.15, 0.2) is 29.1 Å². The standard InChI is InChI=1S/C13H14ClFN2O/c1-8(2)5-9-6-13(18)17(16-9)10-3-4-11(14)12(15)7-10/h3-4,6-8,16H,5H2,1-2H3. The van der Waals surface area contributed by atoms with Gasteiger partial charge in [-0.15, -0.1) is 0 Å². The van der Waals surface area contributed by atoms with E-state index in [1.54, 1.807) is 6.07 Å². The lowest BCUT2D eigenvalue weighted by Gasteiger charge is -2.04. The van der Waals surface area contributed by atoms with E-state index in [-0.39, 0.29) is 10.6 Å². The summed E-state index contributed by atoms with van der Waals surface area (Å²) >= 11 is 5.61. The molecule has 0 bridgehead atoms. The van der Waals surface area contributed by atoms with Gasteiger partial charge in [0, 0.05) is 17.8 Å². The molecule has 0 aliphatic heterocycles. The van der Waals surface area contributed by atoms with Gasteiger partial charge in [0.15, 0.2) is 0 Å². The van der Waals surface area contributed by atoms with Gasteiger partial charge in [-0.05, 0) is 24.5 Å². The average Bonchev–Trinajstić information content (AvgIpc) is 2.62. The molecule has 3 nitrogen and oxygen atoms in total. The summed E-state index contributed by atoms with van der Waals surface area (Å²) in [4.78, 5) is 11.8.